The van der Waals surface area contributed by atoms with E-state index in [4.69, 9.17) is 18.6 Å². The third-order valence-electron chi connectivity index (χ3n) is 5.56. The van der Waals surface area contributed by atoms with Crippen LogP contribution in [-0.4, -0.2) is 26.2 Å². The zero-order valence-electron chi connectivity index (χ0n) is 17.4. The van der Waals surface area contributed by atoms with Gasteiger partial charge >= 0.3 is 0 Å². The van der Waals surface area contributed by atoms with Crippen LogP contribution in [0.4, 0.5) is 0 Å². The number of methoxy groups -OCH3 is 2. The summed E-state index contributed by atoms with van der Waals surface area (Å²) in [6.07, 6.45) is 5.57. The van der Waals surface area contributed by atoms with Crippen molar-refractivity contribution in [3.8, 4) is 17.2 Å². The Morgan fingerprint density at radius 1 is 0.967 bits per heavy atom. The maximum atomic E-state index is 13.2. The van der Waals surface area contributed by atoms with Gasteiger partial charge in [0.2, 0.25) is 0 Å². The summed E-state index contributed by atoms with van der Waals surface area (Å²) < 4.78 is 22.4. The van der Waals surface area contributed by atoms with Crippen LogP contribution in [0.25, 0.3) is 11.0 Å². The van der Waals surface area contributed by atoms with Gasteiger partial charge < -0.3 is 23.9 Å². The summed E-state index contributed by atoms with van der Waals surface area (Å²) in [5.41, 5.74) is 1.15. The summed E-state index contributed by atoms with van der Waals surface area (Å²) in [6, 6.07) is 13.0. The van der Waals surface area contributed by atoms with Gasteiger partial charge in [-0.2, -0.15) is 0 Å². The van der Waals surface area contributed by atoms with Crippen molar-refractivity contribution >= 4 is 16.9 Å². The molecule has 3 aromatic rings. The fourth-order valence-corrected chi connectivity index (χ4v) is 3.93. The third kappa shape index (κ3) is 4.37. The van der Waals surface area contributed by atoms with Crippen molar-refractivity contribution < 1.29 is 23.4 Å². The highest BCUT2D eigenvalue weighted by molar-refractivity contribution is 6.07. The maximum Gasteiger partial charge on any atom is 0.255 e. The number of ether oxygens (including phenoxy) is 3. The van der Waals surface area contributed by atoms with Crippen molar-refractivity contribution in [2.45, 2.75) is 44.8 Å². The molecule has 6 heteroatoms. The fourth-order valence-electron chi connectivity index (χ4n) is 3.93. The molecule has 158 valence electrons. The molecule has 0 bridgehead atoms. The van der Waals surface area contributed by atoms with Gasteiger partial charge in [-0.1, -0.05) is 19.3 Å². The molecule has 0 aliphatic heterocycles. The van der Waals surface area contributed by atoms with E-state index in [2.05, 4.69) is 5.32 Å². The number of carbonyl (C=O) groups excluding carboxylic acids is 1. The number of furan rings is 1. The molecule has 1 aliphatic rings. The minimum atomic E-state index is -0.123. The quantitative estimate of drug-likeness (QED) is 0.588. The van der Waals surface area contributed by atoms with Crippen molar-refractivity contribution in [1.29, 1.82) is 0 Å². The number of fused-ring (bicyclic) bond motifs is 1. The maximum absolute atomic E-state index is 13.2. The Morgan fingerprint density at radius 3 is 2.33 bits per heavy atom. The van der Waals surface area contributed by atoms with E-state index >= 15 is 0 Å². The topological polar surface area (TPSA) is 69.9 Å². The van der Waals surface area contributed by atoms with Crippen LogP contribution in [0.1, 0.15) is 48.2 Å². The Morgan fingerprint density at radius 2 is 1.63 bits per heavy atom. The van der Waals surface area contributed by atoms with Crippen LogP contribution in [0.3, 0.4) is 0 Å². The largest absolute Gasteiger partial charge is 0.497 e. The molecule has 1 N–H and O–H groups in total. The first-order valence-corrected chi connectivity index (χ1v) is 10.3. The smallest absolute Gasteiger partial charge is 0.255 e. The zero-order valence-corrected chi connectivity index (χ0v) is 17.4. The molecule has 0 saturated heterocycles. The molecule has 0 spiro atoms. The van der Waals surface area contributed by atoms with Crippen LogP contribution in [0.2, 0.25) is 0 Å². The average molecular weight is 409 g/mol. The lowest BCUT2D eigenvalue weighted by Gasteiger charge is -2.22. The van der Waals surface area contributed by atoms with Gasteiger partial charge in [-0.05, 0) is 55.3 Å². The van der Waals surface area contributed by atoms with E-state index in [1.54, 1.807) is 14.2 Å². The van der Waals surface area contributed by atoms with Gasteiger partial charge in [0.25, 0.3) is 5.91 Å². The van der Waals surface area contributed by atoms with Crippen LogP contribution < -0.4 is 19.5 Å². The summed E-state index contributed by atoms with van der Waals surface area (Å²) in [4.78, 5) is 13.2. The molecule has 0 radical (unpaired) electrons. The first-order chi connectivity index (χ1) is 14.7. The highest BCUT2D eigenvalue weighted by atomic mass is 16.5. The molecule has 1 amide bonds. The van der Waals surface area contributed by atoms with Gasteiger partial charge in [0.05, 0.1) is 19.8 Å². The lowest BCUT2D eigenvalue weighted by atomic mass is 9.95. The number of hydrogen-bond acceptors (Lipinski definition) is 5. The second-order valence-electron chi connectivity index (χ2n) is 7.53. The molecule has 0 unspecified atom stereocenters. The monoisotopic (exact) mass is 409 g/mol. The van der Waals surface area contributed by atoms with Crippen molar-refractivity contribution in [3.05, 3.63) is 53.8 Å². The van der Waals surface area contributed by atoms with E-state index in [9.17, 15) is 4.79 Å². The van der Waals surface area contributed by atoms with Crippen LogP contribution in [-0.2, 0) is 6.61 Å². The molecule has 6 nitrogen and oxygen atoms in total. The predicted octanol–water partition coefficient (Wildman–Crippen LogP) is 5.09. The number of benzene rings is 2. The van der Waals surface area contributed by atoms with E-state index in [1.165, 1.54) is 6.42 Å². The Bertz CT molecular complexity index is 1000. The summed E-state index contributed by atoms with van der Waals surface area (Å²) in [5.74, 6) is 2.49. The number of rotatable bonds is 7. The highest BCUT2D eigenvalue weighted by Crippen LogP contribution is 2.31. The number of hydrogen-bond donors (Lipinski definition) is 1. The second kappa shape index (κ2) is 9.11. The SMILES string of the molecule is COc1ccc(OCc2oc3ccc(OC)cc3c2C(=O)NC2CCCCC2)cc1. The van der Waals surface area contributed by atoms with Gasteiger partial charge in [-0.15, -0.1) is 0 Å². The van der Waals surface area contributed by atoms with E-state index in [1.807, 2.05) is 42.5 Å². The molecule has 0 atom stereocenters. The van der Waals surface area contributed by atoms with Gasteiger partial charge in [0.15, 0.2) is 5.76 Å². The predicted molar refractivity (Wildman–Crippen MR) is 114 cm³/mol. The van der Waals surface area contributed by atoms with Crippen LogP contribution in [0.15, 0.2) is 46.9 Å². The van der Waals surface area contributed by atoms with E-state index in [-0.39, 0.29) is 18.6 Å². The Kier molecular flexibility index (Phi) is 6.12. The van der Waals surface area contributed by atoms with Crippen molar-refractivity contribution in [2.75, 3.05) is 14.2 Å². The molecule has 1 aromatic heterocycles. The summed E-state index contributed by atoms with van der Waals surface area (Å²) in [5, 5.41) is 3.93. The van der Waals surface area contributed by atoms with Crippen LogP contribution in [0.5, 0.6) is 17.2 Å². The van der Waals surface area contributed by atoms with E-state index in [0.717, 1.165) is 36.8 Å². The Hall–Kier alpha value is -3.15. The summed E-state index contributed by atoms with van der Waals surface area (Å²) in [6.45, 7) is 0.150. The van der Waals surface area contributed by atoms with E-state index < -0.39 is 0 Å². The highest BCUT2D eigenvalue weighted by Gasteiger charge is 2.24. The molecule has 1 fully saturated rings. The van der Waals surface area contributed by atoms with Crippen molar-refractivity contribution in [1.82, 2.24) is 5.32 Å². The average Bonchev–Trinajstić information content (AvgIpc) is 3.16. The van der Waals surface area contributed by atoms with Crippen molar-refractivity contribution in [2.24, 2.45) is 0 Å². The molecule has 2 aromatic carbocycles. The number of amides is 1. The first-order valence-electron chi connectivity index (χ1n) is 10.3. The van der Waals surface area contributed by atoms with Gasteiger partial charge in [-0.25, -0.2) is 0 Å². The molecule has 1 aliphatic carbocycles. The molecule has 1 saturated carbocycles. The zero-order chi connectivity index (χ0) is 20.9. The Balaban J connectivity index is 1.61. The normalized spacial score (nSPS) is 14.5. The molecule has 1 heterocycles. The van der Waals surface area contributed by atoms with Gasteiger partial charge in [0.1, 0.15) is 29.4 Å². The van der Waals surface area contributed by atoms with Gasteiger partial charge in [-0.3, -0.25) is 4.79 Å². The molecule has 4 rings (SSSR count). The standard InChI is InChI=1S/C24H27NO5/c1-27-17-8-10-18(11-9-17)29-15-22-23(24(26)25-16-6-4-3-5-7-16)20-14-19(28-2)12-13-21(20)30-22/h8-14,16H,3-7,15H2,1-2H3,(H,25,26). The van der Waals surface area contributed by atoms with E-state index in [0.29, 0.717) is 28.4 Å². The van der Waals surface area contributed by atoms with Crippen LogP contribution in [0, 0.1) is 0 Å². The minimum absolute atomic E-state index is 0.123. The minimum Gasteiger partial charge on any atom is -0.497 e. The third-order valence-corrected chi connectivity index (χ3v) is 5.56. The number of nitrogens with one attached hydrogen (secondary N) is 1. The van der Waals surface area contributed by atoms with Gasteiger partial charge in [0, 0.05) is 11.4 Å². The lowest BCUT2D eigenvalue weighted by molar-refractivity contribution is 0.0924. The molecular weight excluding hydrogens is 382 g/mol. The summed E-state index contributed by atoms with van der Waals surface area (Å²) in [7, 11) is 3.23. The fraction of sp³-hybridized carbons (Fsp3) is 0.375. The number of carbonyl (C=O) groups is 1. The summed E-state index contributed by atoms with van der Waals surface area (Å²) >= 11 is 0. The Labute approximate surface area is 176 Å². The second-order valence-corrected chi connectivity index (χ2v) is 7.53. The van der Waals surface area contributed by atoms with Crippen LogP contribution >= 0.6 is 0 Å². The molecule has 30 heavy (non-hydrogen) atoms. The molecular formula is C24H27NO5. The lowest BCUT2D eigenvalue weighted by Crippen LogP contribution is -2.36. The first kappa shape index (κ1) is 20.1. The van der Waals surface area contributed by atoms with Crippen molar-refractivity contribution in [3.63, 3.8) is 0 Å².